The highest BCUT2D eigenvalue weighted by molar-refractivity contribution is 7.89. The highest BCUT2D eigenvalue weighted by atomic mass is 35.5. The molecule has 208 valence electrons. The Hall–Kier alpha value is -3.02. The molecule has 1 unspecified atom stereocenters. The smallest absolute Gasteiger partial charge is 0.337 e. The van der Waals surface area contributed by atoms with Crippen LogP contribution in [0.25, 0.3) is 0 Å². The number of ether oxygens (including phenoxy) is 3. The second-order valence-corrected chi connectivity index (χ2v) is 11.4. The summed E-state index contributed by atoms with van der Waals surface area (Å²) in [6.07, 6.45) is -0.320. The fourth-order valence-corrected chi connectivity index (χ4v) is 6.02. The van der Waals surface area contributed by atoms with Crippen molar-refractivity contribution < 1.29 is 31.8 Å². The number of nitrogens with zero attached hydrogens (tertiary/aromatic N) is 2. The molecular weight excluding hydrogens is 547 g/mol. The van der Waals surface area contributed by atoms with Crippen molar-refractivity contribution in [1.29, 1.82) is 0 Å². The molecule has 4 rings (SSSR count). The number of sulfonamides is 1. The van der Waals surface area contributed by atoms with Crippen LogP contribution in [0.5, 0.6) is 5.75 Å². The van der Waals surface area contributed by atoms with Crippen molar-refractivity contribution in [3.05, 3.63) is 94.3 Å². The maximum Gasteiger partial charge on any atom is 0.337 e. The van der Waals surface area contributed by atoms with Crippen molar-refractivity contribution in [1.82, 2.24) is 9.21 Å². The standard InChI is InChI=1S/C28H30ClFN2O6S/c1-36-23-5-3-4-22(16-23)27(38-19-20-6-8-21(9-7-20)28(33)37-2)18-31-12-14-32(15-13-31)39(34,35)24-10-11-26(30)25(29)17-24/h3-11,16-17,27H,12-15,18-19H2,1-2H3. The number of halogens is 2. The molecule has 11 heteroatoms. The highest BCUT2D eigenvalue weighted by Crippen LogP contribution is 2.27. The van der Waals surface area contributed by atoms with E-state index in [1.807, 2.05) is 36.4 Å². The Balaban J connectivity index is 1.43. The van der Waals surface area contributed by atoms with E-state index in [0.29, 0.717) is 37.6 Å². The predicted molar refractivity (Wildman–Crippen MR) is 145 cm³/mol. The first-order chi connectivity index (χ1) is 18.7. The van der Waals surface area contributed by atoms with Gasteiger partial charge < -0.3 is 14.2 Å². The van der Waals surface area contributed by atoms with Crippen molar-refractivity contribution in [3.8, 4) is 5.75 Å². The first kappa shape index (κ1) is 29.0. The van der Waals surface area contributed by atoms with Gasteiger partial charge in [-0.1, -0.05) is 35.9 Å². The van der Waals surface area contributed by atoms with E-state index < -0.39 is 21.8 Å². The van der Waals surface area contributed by atoms with E-state index in [1.165, 1.54) is 17.5 Å². The fourth-order valence-electron chi connectivity index (χ4n) is 4.32. The summed E-state index contributed by atoms with van der Waals surface area (Å²) in [5, 5.41) is -0.229. The number of carbonyl (C=O) groups is 1. The largest absolute Gasteiger partial charge is 0.497 e. The summed E-state index contributed by atoms with van der Waals surface area (Å²) in [6, 6.07) is 18.1. The molecule has 0 amide bonds. The van der Waals surface area contributed by atoms with E-state index in [0.717, 1.165) is 23.3 Å². The van der Waals surface area contributed by atoms with Crippen molar-refractivity contribution in [2.75, 3.05) is 46.9 Å². The van der Waals surface area contributed by atoms with E-state index in [9.17, 15) is 17.6 Å². The summed E-state index contributed by atoms with van der Waals surface area (Å²) in [5.41, 5.74) is 2.28. The Morgan fingerprint density at radius 3 is 2.36 bits per heavy atom. The molecule has 1 atom stereocenters. The van der Waals surface area contributed by atoms with Gasteiger partial charge in [-0.15, -0.1) is 0 Å². The van der Waals surface area contributed by atoms with E-state index in [-0.39, 0.29) is 29.1 Å². The van der Waals surface area contributed by atoms with Crippen LogP contribution >= 0.6 is 11.6 Å². The molecule has 1 saturated heterocycles. The third kappa shape index (κ3) is 7.14. The molecule has 8 nitrogen and oxygen atoms in total. The number of rotatable bonds is 10. The second-order valence-electron chi connectivity index (χ2n) is 9.05. The van der Waals surface area contributed by atoms with Crippen LogP contribution in [0.1, 0.15) is 27.6 Å². The first-order valence-electron chi connectivity index (χ1n) is 12.3. The maximum absolute atomic E-state index is 13.5. The van der Waals surface area contributed by atoms with Gasteiger partial charge in [-0.05, 0) is 53.6 Å². The lowest BCUT2D eigenvalue weighted by molar-refractivity contribution is 0.00761. The fraction of sp³-hybridized carbons (Fsp3) is 0.321. The minimum atomic E-state index is -3.80. The molecule has 1 fully saturated rings. The SMILES string of the molecule is COC(=O)c1ccc(COC(CN2CCN(S(=O)(=O)c3ccc(F)c(Cl)c3)CC2)c2cccc(OC)c2)cc1. The van der Waals surface area contributed by atoms with Crippen LogP contribution in [-0.4, -0.2) is 70.5 Å². The van der Waals surface area contributed by atoms with Gasteiger partial charge in [0.05, 0.1) is 42.4 Å². The van der Waals surface area contributed by atoms with Crippen molar-refractivity contribution in [2.24, 2.45) is 0 Å². The molecule has 0 aliphatic carbocycles. The van der Waals surface area contributed by atoms with Crippen LogP contribution in [0.2, 0.25) is 5.02 Å². The summed E-state index contributed by atoms with van der Waals surface area (Å²) < 4.78 is 57.6. The minimum absolute atomic E-state index is 0.0295. The van der Waals surface area contributed by atoms with E-state index in [1.54, 1.807) is 19.2 Å². The van der Waals surface area contributed by atoms with Crippen LogP contribution in [0.3, 0.4) is 0 Å². The summed E-state index contributed by atoms with van der Waals surface area (Å²) >= 11 is 5.81. The van der Waals surface area contributed by atoms with Gasteiger partial charge in [0, 0.05) is 32.7 Å². The average Bonchev–Trinajstić information content (AvgIpc) is 2.96. The summed E-state index contributed by atoms with van der Waals surface area (Å²) in [5.74, 6) is -0.360. The van der Waals surface area contributed by atoms with Crippen LogP contribution in [0.15, 0.2) is 71.6 Å². The number of hydrogen-bond donors (Lipinski definition) is 0. The third-order valence-corrected chi connectivity index (χ3v) is 8.76. The molecule has 1 heterocycles. The summed E-state index contributed by atoms with van der Waals surface area (Å²) in [6.45, 7) is 2.37. The molecule has 0 N–H and O–H groups in total. The van der Waals surface area contributed by atoms with Crippen LogP contribution in [0, 0.1) is 5.82 Å². The lowest BCUT2D eigenvalue weighted by atomic mass is 10.1. The van der Waals surface area contributed by atoms with Gasteiger partial charge in [0.1, 0.15) is 11.6 Å². The number of methoxy groups -OCH3 is 2. The normalized spacial score (nSPS) is 15.6. The quantitative estimate of drug-likeness (QED) is 0.328. The van der Waals surface area contributed by atoms with Gasteiger partial charge in [-0.3, -0.25) is 4.90 Å². The average molecular weight is 577 g/mol. The number of hydrogen-bond acceptors (Lipinski definition) is 7. The van der Waals surface area contributed by atoms with Crippen molar-refractivity contribution in [2.45, 2.75) is 17.6 Å². The lowest BCUT2D eigenvalue weighted by Crippen LogP contribution is -2.49. The molecule has 3 aromatic carbocycles. The molecule has 3 aromatic rings. The molecule has 0 aromatic heterocycles. The van der Waals surface area contributed by atoms with E-state index in [2.05, 4.69) is 4.90 Å². The van der Waals surface area contributed by atoms with E-state index >= 15 is 0 Å². The zero-order valence-electron chi connectivity index (χ0n) is 21.7. The zero-order chi connectivity index (χ0) is 28.0. The summed E-state index contributed by atoms with van der Waals surface area (Å²) in [7, 11) is -0.855. The van der Waals surface area contributed by atoms with E-state index in [4.69, 9.17) is 25.8 Å². The number of carbonyl (C=O) groups excluding carboxylic acids is 1. The number of esters is 1. The third-order valence-electron chi connectivity index (χ3n) is 6.58. The van der Waals surface area contributed by atoms with Gasteiger partial charge in [-0.2, -0.15) is 4.31 Å². The highest BCUT2D eigenvalue weighted by Gasteiger charge is 2.30. The molecule has 1 aliphatic rings. The Morgan fingerprint density at radius 1 is 1.00 bits per heavy atom. The van der Waals surface area contributed by atoms with Gasteiger partial charge in [0.2, 0.25) is 10.0 Å². The molecule has 1 aliphatic heterocycles. The van der Waals surface area contributed by atoms with Crippen molar-refractivity contribution >= 4 is 27.6 Å². The predicted octanol–water partition coefficient (Wildman–Crippen LogP) is 4.54. The van der Waals surface area contributed by atoms with Gasteiger partial charge in [0.15, 0.2) is 0 Å². The Kier molecular flexibility index (Phi) is 9.58. The zero-order valence-corrected chi connectivity index (χ0v) is 23.3. The lowest BCUT2D eigenvalue weighted by Gasteiger charge is -2.36. The maximum atomic E-state index is 13.5. The topological polar surface area (TPSA) is 85.4 Å². The van der Waals surface area contributed by atoms with Crippen molar-refractivity contribution in [3.63, 3.8) is 0 Å². The number of piperazine rings is 1. The summed E-state index contributed by atoms with van der Waals surface area (Å²) in [4.78, 5) is 13.8. The first-order valence-corrected chi connectivity index (χ1v) is 14.1. The molecule has 0 saturated carbocycles. The minimum Gasteiger partial charge on any atom is -0.497 e. The van der Waals surface area contributed by atoms with Gasteiger partial charge in [-0.25, -0.2) is 17.6 Å². The molecule has 39 heavy (non-hydrogen) atoms. The molecule has 0 bridgehead atoms. The van der Waals surface area contributed by atoms with Gasteiger partial charge >= 0.3 is 5.97 Å². The second kappa shape index (κ2) is 12.9. The van der Waals surface area contributed by atoms with Crippen LogP contribution in [-0.2, 0) is 26.1 Å². The van der Waals surface area contributed by atoms with Crippen LogP contribution in [0.4, 0.5) is 4.39 Å². The molecule has 0 radical (unpaired) electrons. The Morgan fingerprint density at radius 2 is 1.72 bits per heavy atom. The molecular formula is C28H30ClFN2O6S. The monoisotopic (exact) mass is 576 g/mol. The van der Waals surface area contributed by atoms with Gasteiger partial charge in [0.25, 0.3) is 0 Å². The number of benzene rings is 3. The Labute approximate surface area is 232 Å². The van der Waals surface area contributed by atoms with Crippen LogP contribution < -0.4 is 4.74 Å². The Bertz CT molecular complexity index is 1400. The molecule has 0 spiro atoms.